The molecule has 10 heteroatoms. The van der Waals surface area contributed by atoms with E-state index >= 15 is 0 Å². The number of nitro groups is 1. The zero-order chi connectivity index (χ0) is 27.1. The molecule has 0 saturated carbocycles. The summed E-state index contributed by atoms with van der Waals surface area (Å²) < 4.78 is 16.5. The molecule has 1 amide bonds. The Morgan fingerprint density at radius 2 is 1.92 bits per heavy atom. The summed E-state index contributed by atoms with van der Waals surface area (Å²) in [5, 5.41) is 14.2. The Bertz CT molecular complexity index is 1360. The molecule has 10 nitrogen and oxygen atoms in total. The van der Waals surface area contributed by atoms with Crippen LogP contribution in [0.5, 0.6) is 0 Å². The second kappa shape index (κ2) is 12.2. The number of hydrogen-bond donors (Lipinski definition) is 1. The van der Waals surface area contributed by atoms with Gasteiger partial charge in [-0.2, -0.15) is 0 Å². The number of rotatable bonds is 9. The number of morpholine rings is 1. The normalized spacial score (nSPS) is 13.5. The molecule has 1 saturated heterocycles. The second-order valence-electron chi connectivity index (χ2n) is 8.77. The van der Waals surface area contributed by atoms with Gasteiger partial charge >= 0.3 is 5.97 Å². The lowest BCUT2D eigenvalue weighted by Crippen LogP contribution is -2.37. The van der Waals surface area contributed by atoms with E-state index < -0.39 is 16.8 Å². The van der Waals surface area contributed by atoms with Gasteiger partial charge in [-0.3, -0.25) is 14.9 Å². The van der Waals surface area contributed by atoms with Gasteiger partial charge in [-0.05, 0) is 61.4 Å². The average Bonchev–Trinajstić information content (AvgIpc) is 3.40. The molecular weight excluding hydrogens is 490 g/mol. The Morgan fingerprint density at radius 3 is 2.66 bits per heavy atom. The average molecular weight is 520 g/mol. The van der Waals surface area contributed by atoms with Crippen LogP contribution in [-0.2, 0) is 14.3 Å². The Kier molecular flexibility index (Phi) is 8.55. The summed E-state index contributed by atoms with van der Waals surface area (Å²) in [5.74, 6) is -0.202. The summed E-state index contributed by atoms with van der Waals surface area (Å²) in [6, 6.07) is 13.3. The van der Waals surface area contributed by atoms with Crippen LogP contribution in [0.2, 0.25) is 0 Å². The number of nitro benzene ring substituents is 1. The van der Waals surface area contributed by atoms with Crippen molar-refractivity contribution in [2.24, 2.45) is 0 Å². The molecule has 0 radical (unpaired) electrons. The fourth-order valence-electron chi connectivity index (χ4n) is 4.06. The molecule has 1 N–H and O–H groups in total. The summed E-state index contributed by atoms with van der Waals surface area (Å²) in [6.07, 6.45) is 3.46. The van der Waals surface area contributed by atoms with Crippen LogP contribution in [0.4, 0.5) is 17.1 Å². The van der Waals surface area contributed by atoms with E-state index in [2.05, 4.69) is 10.2 Å². The van der Waals surface area contributed by atoms with Crippen LogP contribution in [-0.4, -0.2) is 49.7 Å². The number of ether oxygens (including phenoxy) is 2. The van der Waals surface area contributed by atoms with Crippen molar-refractivity contribution in [1.29, 1.82) is 0 Å². The number of anilines is 2. The Balaban J connectivity index is 1.48. The first-order valence-corrected chi connectivity index (χ1v) is 12.3. The molecule has 0 spiro atoms. The van der Waals surface area contributed by atoms with Gasteiger partial charge in [0, 0.05) is 30.9 Å². The van der Waals surface area contributed by atoms with Crippen molar-refractivity contribution in [2.45, 2.75) is 20.3 Å². The molecule has 1 aromatic heterocycles. The van der Waals surface area contributed by atoms with Crippen LogP contribution in [0, 0.1) is 17.0 Å². The number of hydrogen-bond acceptors (Lipinski definition) is 8. The Morgan fingerprint density at radius 1 is 1.13 bits per heavy atom. The number of carbonyl (C=O) groups is 2. The zero-order valence-electron chi connectivity index (χ0n) is 21.3. The van der Waals surface area contributed by atoms with E-state index in [1.165, 1.54) is 18.2 Å². The quantitative estimate of drug-likeness (QED) is 0.177. The molecule has 198 valence electrons. The van der Waals surface area contributed by atoms with Crippen LogP contribution in [0.15, 0.2) is 59.0 Å². The van der Waals surface area contributed by atoms with Crippen LogP contribution in [0.1, 0.15) is 35.0 Å². The lowest BCUT2D eigenvalue weighted by molar-refractivity contribution is -0.384. The maximum Gasteiger partial charge on any atom is 0.340 e. The van der Waals surface area contributed by atoms with E-state index in [0.717, 1.165) is 11.3 Å². The Labute approximate surface area is 220 Å². The minimum absolute atomic E-state index is 0.0542. The van der Waals surface area contributed by atoms with Crippen molar-refractivity contribution >= 4 is 35.0 Å². The first kappa shape index (κ1) is 26.6. The first-order valence-electron chi connectivity index (χ1n) is 12.3. The summed E-state index contributed by atoms with van der Waals surface area (Å²) in [5.41, 5.74) is 2.61. The van der Waals surface area contributed by atoms with Crippen molar-refractivity contribution < 1.29 is 28.4 Å². The van der Waals surface area contributed by atoms with Gasteiger partial charge in [-0.25, -0.2) is 4.79 Å². The maximum atomic E-state index is 12.8. The van der Waals surface area contributed by atoms with E-state index in [-0.39, 0.29) is 5.69 Å². The molecule has 1 aliphatic heterocycles. The number of furan rings is 1. The van der Waals surface area contributed by atoms with E-state index in [1.54, 1.807) is 49.4 Å². The number of esters is 1. The van der Waals surface area contributed by atoms with Crippen LogP contribution < -0.4 is 10.2 Å². The van der Waals surface area contributed by atoms with Gasteiger partial charge in [0.2, 0.25) is 5.91 Å². The predicted octanol–water partition coefficient (Wildman–Crippen LogP) is 5.22. The Hall–Kier alpha value is -4.44. The SMILES string of the molecule is CCCOC(=O)c1cc(NC(=O)/C=C/c2ccc(-c3ccc(C)cc3[N+](=O)[O-])o2)ccc1N1CCOCC1. The van der Waals surface area contributed by atoms with E-state index in [4.69, 9.17) is 13.9 Å². The molecule has 0 aliphatic carbocycles. The third-order valence-corrected chi connectivity index (χ3v) is 5.91. The summed E-state index contributed by atoms with van der Waals surface area (Å²) in [4.78, 5) is 38.4. The highest BCUT2D eigenvalue weighted by molar-refractivity contribution is 6.03. The van der Waals surface area contributed by atoms with Gasteiger partial charge in [-0.15, -0.1) is 0 Å². The van der Waals surface area contributed by atoms with Crippen LogP contribution >= 0.6 is 0 Å². The molecule has 1 fully saturated rings. The van der Waals surface area contributed by atoms with Crippen molar-refractivity contribution in [3.8, 4) is 11.3 Å². The van der Waals surface area contributed by atoms with E-state index in [0.29, 0.717) is 67.7 Å². The third kappa shape index (κ3) is 6.46. The molecule has 38 heavy (non-hydrogen) atoms. The number of amides is 1. The van der Waals surface area contributed by atoms with Crippen molar-refractivity contribution in [3.63, 3.8) is 0 Å². The fraction of sp³-hybridized carbons (Fsp3) is 0.286. The number of nitrogens with one attached hydrogen (secondary N) is 1. The zero-order valence-corrected chi connectivity index (χ0v) is 21.3. The second-order valence-corrected chi connectivity index (χ2v) is 8.77. The van der Waals surface area contributed by atoms with E-state index in [9.17, 15) is 19.7 Å². The molecular formula is C28H29N3O7. The lowest BCUT2D eigenvalue weighted by atomic mass is 10.1. The summed E-state index contributed by atoms with van der Waals surface area (Å²) >= 11 is 0. The lowest BCUT2D eigenvalue weighted by Gasteiger charge is -2.30. The molecule has 1 aliphatic rings. The highest BCUT2D eigenvalue weighted by Gasteiger charge is 2.21. The standard InChI is InChI=1S/C28H29N3O7/c1-3-14-37-28(33)23-18-20(5-9-24(23)30-12-15-36-16-13-30)29-27(32)11-7-21-6-10-26(38-21)22-8-4-19(2)17-25(22)31(34)35/h4-11,17-18H,3,12-16H2,1-2H3,(H,29,32)/b11-7+. The van der Waals surface area contributed by atoms with Crippen LogP contribution in [0.3, 0.4) is 0 Å². The molecule has 0 atom stereocenters. The first-order chi connectivity index (χ1) is 18.4. The molecule has 0 bridgehead atoms. The van der Waals surface area contributed by atoms with Crippen LogP contribution in [0.25, 0.3) is 17.4 Å². The maximum absolute atomic E-state index is 12.8. The largest absolute Gasteiger partial charge is 0.462 e. The van der Waals surface area contributed by atoms with Gasteiger partial charge in [0.05, 0.1) is 41.6 Å². The smallest absolute Gasteiger partial charge is 0.340 e. The highest BCUT2D eigenvalue weighted by atomic mass is 16.6. The molecule has 3 aromatic rings. The monoisotopic (exact) mass is 519 g/mol. The number of carbonyl (C=O) groups excluding carboxylic acids is 2. The summed E-state index contributed by atoms with van der Waals surface area (Å²) in [7, 11) is 0. The summed E-state index contributed by atoms with van der Waals surface area (Å²) in [6.45, 7) is 6.44. The number of benzene rings is 2. The topological polar surface area (TPSA) is 124 Å². The minimum Gasteiger partial charge on any atom is -0.462 e. The van der Waals surface area contributed by atoms with Gasteiger partial charge < -0.3 is 24.1 Å². The third-order valence-electron chi connectivity index (χ3n) is 5.91. The molecule has 0 unspecified atom stereocenters. The number of nitrogens with zero attached hydrogens (tertiary/aromatic N) is 2. The molecule has 4 rings (SSSR count). The van der Waals surface area contributed by atoms with Crippen molar-refractivity contribution in [1.82, 2.24) is 0 Å². The van der Waals surface area contributed by atoms with E-state index in [1.807, 2.05) is 6.92 Å². The van der Waals surface area contributed by atoms with Gasteiger partial charge in [0.15, 0.2) is 0 Å². The predicted molar refractivity (Wildman–Crippen MR) is 143 cm³/mol. The van der Waals surface area contributed by atoms with Crippen molar-refractivity contribution in [3.05, 3.63) is 81.6 Å². The van der Waals surface area contributed by atoms with Gasteiger partial charge in [0.25, 0.3) is 5.69 Å². The highest BCUT2D eigenvalue weighted by Crippen LogP contribution is 2.32. The molecule has 2 aromatic carbocycles. The van der Waals surface area contributed by atoms with Crippen molar-refractivity contribution in [2.75, 3.05) is 43.1 Å². The minimum atomic E-state index is -0.454. The fourth-order valence-corrected chi connectivity index (χ4v) is 4.06. The van der Waals surface area contributed by atoms with Gasteiger partial charge in [0.1, 0.15) is 11.5 Å². The number of aryl methyl sites for hydroxylation is 1. The molecule has 2 heterocycles. The van der Waals surface area contributed by atoms with Gasteiger partial charge in [-0.1, -0.05) is 13.0 Å².